The lowest BCUT2D eigenvalue weighted by Crippen LogP contribution is -2.12. The predicted molar refractivity (Wildman–Crippen MR) is 67.6 cm³/mol. The van der Waals surface area contributed by atoms with Crippen LogP contribution in [0.25, 0.3) is 0 Å². The number of anilines is 1. The molecule has 2 aliphatic rings. The van der Waals surface area contributed by atoms with Gasteiger partial charge in [-0.1, -0.05) is 0 Å². The SMILES string of the molecule is O=C=NC(=O)Nc1c2c(c(F)c3c1CCC3)CCC2. The molecule has 0 saturated heterocycles. The molecule has 0 radical (unpaired) electrons. The van der Waals surface area contributed by atoms with Crippen LogP contribution in [-0.4, -0.2) is 12.1 Å². The molecule has 0 heterocycles. The third-order valence-corrected chi connectivity index (χ3v) is 3.95. The van der Waals surface area contributed by atoms with Crippen molar-refractivity contribution in [2.75, 3.05) is 5.32 Å². The van der Waals surface area contributed by atoms with E-state index < -0.39 is 6.03 Å². The van der Waals surface area contributed by atoms with E-state index in [2.05, 4.69) is 10.3 Å². The van der Waals surface area contributed by atoms with Crippen LogP contribution >= 0.6 is 0 Å². The number of halogens is 1. The number of amides is 2. The van der Waals surface area contributed by atoms with Crippen molar-refractivity contribution in [3.63, 3.8) is 0 Å². The number of carbonyl (C=O) groups is 1. The zero-order valence-electron chi connectivity index (χ0n) is 10.4. The van der Waals surface area contributed by atoms with E-state index in [0.717, 1.165) is 47.9 Å². The Balaban J connectivity index is 2.13. The Hall–Kier alpha value is -2.00. The molecule has 1 N–H and O–H groups in total. The van der Waals surface area contributed by atoms with Crippen molar-refractivity contribution in [3.8, 4) is 0 Å². The number of urea groups is 1. The van der Waals surface area contributed by atoms with E-state index in [1.807, 2.05) is 0 Å². The Morgan fingerprint density at radius 2 is 1.58 bits per heavy atom. The summed E-state index contributed by atoms with van der Waals surface area (Å²) in [7, 11) is 0. The van der Waals surface area contributed by atoms with E-state index in [0.29, 0.717) is 18.5 Å². The molecule has 19 heavy (non-hydrogen) atoms. The topological polar surface area (TPSA) is 58.5 Å². The molecular weight excluding hydrogens is 247 g/mol. The molecule has 0 saturated carbocycles. The Kier molecular flexibility index (Phi) is 2.91. The Bertz CT molecular complexity index is 583. The monoisotopic (exact) mass is 260 g/mol. The third kappa shape index (κ3) is 1.87. The summed E-state index contributed by atoms with van der Waals surface area (Å²) in [6.07, 6.45) is 5.98. The molecule has 0 spiro atoms. The first-order chi connectivity index (χ1) is 9.22. The molecule has 1 aromatic carbocycles. The number of rotatable bonds is 1. The highest BCUT2D eigenvalue weighted by atomic mass is 19.1. The van der Waals surface area contributed by atoms with Crippen LogP contribution in [0.1, 0.15) is 35.1 Å². The van der Waals surface area contributed by atoms with Crippen LogP contribution in [0.15, 0.2) is 4.99 Å². The molecule has 5 heteroatoms. The van der Waals surface area contributed by atoms with Crippen LogP contribution in [0.2, 0.25) is 0 Å². The minimum absolute atomic E-state index is 0.0862. The summed E-state index contributed by atoms with van der Waals surface area (Å²) in [6, 6.07) is -0.732. The fourth-order valence-electron chi connectivity index (χ4n) is 3.22. The predicted octanol–water partition coefficient (Wildman–Crippen LogP) is 2.67. The number of isocyanates is 1. The van der Waals surface area contributed by atoms with E-state index in [9.17, 15) is 14.0 Å². The molecule has 0 atom stereocenters. The Labute approximate surface area is 109 Å². The van der Waals surface area contributed by atoms with Gasteiger partial charge in [-0.15, -0.1) is 4.99 Å². The lowest BCUT2D eigenvalue weighted by atomic mass is 9.98. The van der Waals surface area contributed by atoms with Crippen LogP contribution in [0, 0.1) is 5.82 Å². The van der Waals surface area contributed by atoms with Crippen LogP contribution in [0.4, 0.5) is 14.9 Å². The van der Waals surface area contributed by atoms with Gasteiger partial charge in [0.1, 0.15) is 5.82 Å². The number of nitrogens with one attached hydrogen (secondary N) is 1. The molecule has 4 nitrogen and oxygen atoms in total. The molecule has 0 aliphatic heterocycles. The van der Waals surface area contributed by atoms with E-state index in [1.54, 1.807) is 0 Å². The summed E-state index contributed by atoms with van der Waals surface area (Å²) >= 11 is 0. The molecule has 98 valence electrons. The zero-order chi connectivity index (χ0) is 13.4. The van der Waals surface area contributed by atoms with Gasteiger partial charge >= 0.3 is 6.03 Å². The van der Waals surface area contributed by atoms with Gasteiger partial charge in [0.2, 0.25) is 6.08 Å². The van der Waals surface area contributed by atoms with Crippen LogP contribution in [-0.2, 0) is 30.5 Å². The average Bonchev–Trinajstić information content (AvgIpc) is 3.03. The summed E-state index contributed by atoms with van der Waals surface area (Å²) < 4.78 is 14.3. The van der Waals surface area contributed by atoms with Gasteiger partial charge in [-0.25, -0.2) is 14.0 Å². The minimum atomic E-state index is -0.732. The molecule has 2 aliphatic carbocycles. The first-order valence-electron chi connectivity index (χ1n) is 6.46. The van der Waals surface area contributed by atoms with Crippen molar-refractivity contribution in [2.24, 2.45) is 4.99 Å². The third-order valence-electron chi connectivity index (χ3n) is 3.95. The first kappa shape index (κ1) is 12.1. The van der Waals surface area contributed by atoms with Crippen LogP contribution < -0.4 is 5.32 Å². The second kappa shape index (κ2) is 4.59. The number of carbonyl (C=O) groups excluding carboxylic acids is 2. The standard InChI is InChI=1S/C14H13FN2O2/c15-12-8-3-1-5-10(8)13(17-14(19)16-7-18)11-6-2-4-9(11)12/h1-6H2,(H,17,19). The Morgan fingerprint density at radius 1 is 1.05 bits per heavy atom. The summed E-state index contributed by atoms with van der Waals surface area (Å²) in [5.41, 5.74) is 3.91. The number of hydrogen-bond acceptors (Lipinski definition) is 2. The molecule has 0 fully saturated rings. The van der Waals surface area contributed by atoms with Crippen LogP contribution in [0.3, 0.4) is 0 Å². The van der Waals surface area contributed by atoms with E-state index in [1.165, 1.54) is 6.08 Å². The van der Waals surface area contributed by atoms with Crippen molar-refractivity contribution in [3.05, 3.63) is 28.1 Å². The molecule has 0 aromatic heterocycles. The maximum atomic E-state index is 14.3. The van der Waals surface area contributed by atoms with Gasteiger partial charge in [0.05, 0.1) is 0 Å². The van der Waals surface area contributed by atoms with Crippen molar-refractivity contribution in [1.82, 2.24) is 0 Å². The second-order valence-corrected chi connectivity index (χ2v) is 4.94. The highest BCUT2D eigenvalue weighted by molar-refractivity contribution is 5.94. The number of benzene rings is 1. The zero-order valence-corrected chi connectivity index (χ0v) is 10.4. The van der Waals surface area contributed by atoms with Crippen LogP contribution in [0.5, 0.6) is 0 Å². The largest absolute Gasteiger partial charge is 0.356 e. The first-order valence-corrected chi connectivity index (χ1v) is 6.46. The summed E-state index contributed by atoms with van der Waals surface area (Å²) in [4.78, 5) is 24.6. The van der Waals surface area contributed by atoms with Crippen molar-refractivity contribution in [1.29, 1.82) is 0 Å². The quantitative estimate of drug-likeness (QED) is 0.623. The second-order valence-electron chi connectivity index (χ2n) is 4.94. The molecule has 0 unspecified atom stereocenters. The molecular formula is C14H13FN2O2. The fraction of sp³-hybridized carbons (Fsp3) is 0.429. The lowest BCUT2D eigenvalue weighted by molar-refractivity contribution is 0.259. The number of fused-ring (bicyclic) bond motifs is 2. The number of nitrogens with zero attached hydrogens (tertiary/aromatic N) is 1. The van der Waals surface area contributed by atoms with Gasteiger partial charge in [-0.3, -0.25) is 0 Å². The highest BCUT2D eigenvalue weighted by Crippen LogP contribution is 2.40. The van der Waals surface area contributed by atoms with Gasteiger partial charge in [-0.2, -0.15) is 0 Å². The molecule has 1 aromatic rings. The summed E-state index contributed by atoms with van der Waals surface area (Å²) in [6.45, 7) is 0. The number of hydrogen-bond donors (Lipinski definition) is 1. The van der Waals surface area contributed by atoms with Gasteiger partial charge in [-0.05, 0) is 60.8 Å². The highest BCUT2D eigenvalue weighted by Gasteiger charge is 2.29. The van der Waals surface area contributed by atoms with Crippen molar-refractivity contribution >= 4 is 17.8 Å². The van der Waals surface area contributed by atoms with Gasteiger partial charge in [0.15, 0.2) is 0 Å². The molecule has 3 rings (SSSR count). The Morgan fingerprint density at radius 3 is 2.11 bits per heavy atom. The number of aliphatic imine (C=N–C) groups is 1. The summed E-state index contributed by atoms with van der Waals surface area (Å²) in [5.74, 6) is -0.0862. The van der Waals surface area contributed by atoms with E-state index in [-0.39, 0.29) is 5.82 Å². The van der Waals surface area contributed by atoms with Gasteiger partial charge in [0, 0.05) is 5.69 Å². The molecule has 2 amide bonds. The minimum Gasteiger partial charge on any atom is -0.305 e. The van der Waals surface area contributed by atoms with Gasteiger partial charge in [0.25, 0.3) is 0 Å². The average molecular weight is 260 g/mol. The lowest BCUT2D eigenvalue weighted by Gasteiger charge is -2.15. The van der Waals surface area contributed by atoms with E-state index in [4.69, 9.17) is 0 Å². The van der Waals surface area contributed by atoms with Gasteiger partial charge < -0.3 is 5.32 Å². The fourth-order valence-corrected chi connectivity index (χ4v) is 3.22. The van der Waals surface area contributed by atoms with E-state index >= 15 is 0 Å². The van der Waals surface area contributed by atoms with Crippen molar-refractivity contribution < 1.29 is 14.0 Å². The normalized spacial score (nSPS) is 15.6. The maximum absolute atomic E-state index is 14.3. The summed E-state index contributed by atoms with van der Waals surface area (Å²) in [5, 5.41) is 2.64. The molecule has 0 bridgehead atoms. The van der Waals surface area contributed by atoms with Crippen molar-refractivity contribution in [2.45, 2.75) is 38.5 Å². The maximum Gasteiger partial charge on any atom is 0.356 e. The smallest absolute Gasteiger partial charge is 0.305 e.